The number of rotatable bonds is 3. The molecule has 0 radical (unpaired) electrons. The molecule has 0 bridgehead atoms. The van der Waals surface area contributed by atoms with Crippen LogP contribution in [0, 0.1) is 13.8 Å². The summed E-state index contributed by atoms with van der Waals surface area (Å²) in [7, 11) is 0. The van der Waals surface area contributed by atoms with E-state index in [1.807, 2.05) is 36.6 Å². The zero-order chi connectivity index (χ0) is 12.6. The zero-order valence-electron chi connectivity index (χ0n) is 9.84. The summed E-state index contributed by atoms with van der Waals surface area (Å²) in [6, 6.07) is 2.90. The van der Waals surface area contributed by atoms with E-state index < -0.39 is 12.0 Å². The molecule has 5 nitrogen and oxygen atoms in total. The van der Waals surface area contributed by atoms with Crippen LogP contribution in [0.2, 0.25) is 0 Å². The number of nitrogens with zero attached hydrogens (tertiary/aromatic N) is 2. The first kappa shape index (κ1) is 11.6. The second-order valence-electron chi connectivity index (χ2n) is 4.15. The van der Waals surface area contributed by atoms with Crippen LogP contribution in [0.1, 0.15) is 17.1 Å². The summed E-state index contributed by atoms with van der Waals surface area (Å²) in [4.78, 5) is 15.2. The Hall–Kier alpha value is -1.88. The Bertz CT molecular complexity index is 574. The lowest BCUT2D eigenvalue weighted by molar-refractivity contribution is -0.138. The van der Waals surface area contributed by atoms with Crippen molar-refractivity contribution in [2.45, 2.75) is 26.3 Å². The highest BCUT2D eigenvalue weighted by Crippen LogP contribution is 2.18. The number of pyridine rings is 1. The average Bonchev–Trinajstić information content (AvgIpc) is 2.55. The summed E-state index contributed by atoms with van der Waals surface area (Å²) in [5.41, 5.74) is 8.34. The molecular weight excluding hydrogens is 218 g/mol. The highest BCUT2D eigenvalue weighted by atomic mass is 16.4. The smallest absolute Gasteiger partial charge is 0.320 e. The molecule has 1 unspecified atom stereocenters. The van der Waals surface area contributed by atoms with Crippen LogP contribution >= 0.6 is 0 Å². The van der Waals surface area contributed by atoms with Gasteiger partial charge in [0, 0.05) is 12.6 Å². The third-order valence-electron chi connectivity index (χ3n) is 2.86. The average molecular weight is 233 g/mol. The Morgan fingerprint density at radius 2 is 2.29 bits per heavy atom. The fourth-order valence-corrected chi connectivity index (χ4v) is 2.07. The van der Waals surface area contributed by atoms with Crippen molar-refractivity contribution in [1.29, 1.82) is 0 Å². The maximum atomic E-state index is 10.8. The number of aryl methyl sites for hydroxylation is 2. The van der Waals surface area contributed by atoms with E-state index in [9.17, 15) is 4.79 Å². The van der Waals surface area contributed by atoms with Crippen LogP contribution in [-0.4, -0.2) is 26.5 Å². The molecule has 5 heteroatoms. The van der Waals surface area contributed by atoms with Gasteiger partial charge in [-0.3, -0.25) is 4.79 Å². The Balaban J connectivity index is 2.51. The fourth-order valence-electron chi connectivity index (χ4n) is 2.07. The highest BCUT2D eigenvalue weighted by molar-refractivity contribution is 5.74. The minimum atomic E-state index is -0.985. The van der Waals surface area contributed by atoms with E-state index in [0.29, 0.717) is 6.42 Å². The van der Waals surface area contributed by atoms with E-state index in [4.69, 9.17) is 10.8 Å². The molecule has 1 atom stereocenters. The van der Waals surface area contributed by atoms with Crippen LogP contribution in [0.5, 0.6) is 0 Å². The van der Waals surface area contributed by atoms with Crippen molar-refractivity contribution in [2.75, 3.05) is 0 Å². The summed E-state index contributed by atoms with van der Waals surface area (Å²) in [6.07, 6.45) is 2.23. The van der Waals surface area contributed by atoms with Crippen molar-refractivity contribution in [3.8, 4) is 0 Å². The number of hydrogen-bond acceptors (Lipinski definition) is 3. The summed E-state index contributed by atoms with van der Waals surface area (Å²) in [5, 5.41) is 8.84. The van der Waals surface area contributed by atoms with Crippen LogP contribution in [0.4, 0.5) is 0 Å². The molecule has 0 aromatic carbocycles. The van der Waals surface area contributed by atoms with E-state index in [0.717, 1.165) is 22.6 Å². The topological polar surface area (TPSA) is 80.6 Å². The van der Waals surface area contributed by atoms with Gasteiger partial charge in [0.1, 0.15) is 11.9 Å². The second kappa shape index (κ2) is 4.18. The molecule has 0 aliphatic heterocycles. The van der Waals surface area contributed by atoms with Gasteiger partial charge in [-0.25, -0.2) is 4.98 Å². The largest absolute Gasteiger partial charge is 0.480 e. The summed E-state index contributed by atoms with van der Waals surface area (Å²) < 4.78 is 1.96. The lowest BCUT2D eigenvalue weighted by atomic mass is 10.1. The molecule has 0 amide bonds. The molecule has 0 fully saturated rings. The molecule has 2 rings (SSSR count). The SMILES string of the molecule is Cc1nc(C)n2cccc(CC(N)C(=O)O)c12. The fraction of sp³-hybridized carbons (Fsp3) is 0.333. The standard InChI is InChI=1S/C12H15N3O2/c1-7-11-9(6-10(13)12(16)17)4-3-5-15(11)8(2)14-7/h3-5,10H,6,13H2,1-2H3,(H,16,17). The molecule has 2 heterocycles. The molecule has 3 N–H and O–H groups in total. The van der Waals surface area contributed by atoms with E-state index >= 15 is 0 Å². The van der Waals surface area contributed by atoms with Gasteiger partial charge >= 0.3 is 5.97 Å². The van der Waals surface area contributed by atoms with Gasteiger partial charge in [0.2, 0.25) is 0 Å². The van der Waals surface area contributed by atoms with Crippen molar-refractivity contribution in [3.63, 3.8) is 0 Å². The molecular formula is C12H15N3O2. The molecule has 17 heavy (non-hydrogen) atoms. The number of carboxylic acid groups (broad SMARTS) is 1. The Morgan fingerprint density at radius 1 is 1.59 bits per heavy atom. The van der Waals surface area contributed by atoms with Crippen LogP contribution in [0.25, 0.3) is 5.52 Å². The first-order chi connectivity index (χ1) is 8.00. The molecule has 0 aliphatic rings. The highest BCUT2D eigenvalue weighted by Gasteiger charge is 2.16. The Labute approximate surface area is 98.9 Å². The maximum Gasteiger partial charge on any atom is 0.320 e. The number of aliphatic carboxylic acids is 1. The molecule has 0 spiro atoms. The number of nitrogens with two attached hydrogens (primary N) is 1. The van der Waals surface area contributed by atoms with Crippen LogP contribution in [0.3, 0.4) is 0 Å². The van der Waals surface area contributed by atoms with Crippen molar-refractivity contribution < 1.29 is 9.90 Å². The van der Waals surface area contributed by atoms with Gasteiger partial charge in [-0.15, -0.1) is 0 Å². The van der Waals surface area contributed by atoms with Crippen molar-refractivity contribution in [3.05, 3.63) is 35.4 Å². The lowest BCUT2D eigenvalue weighted by Gasteiger charge is -2.09. The van der Waals surface area contributed by atoms with Gasteiger partial charge in [-0.2, -0.15) is 0 Å². The van der Waals surface area contributed by atoms with Gasteiger partial charge in [0.15, 0.2) is 0 Å². The van der Waals surface area contributed by atoms with Gasteiger partial charge in [-0.05, 0) is 25.5 Å². The number of aromatic nitrogens is 2. The van der Waals surface area contributed by atoms with Crippen molar-refractivity contribution in [2.24, 2.45) is 5.73 Å². The third kappa shape index (κ3) is 2.01. The first-order valence-electron chi connectivity index (χ1n) is 5.42. The Kier molecular flexibility index (Phi) is 2.85. The molecule has 0 saturated carbocycles. The third-order valence-corrected chi connectivity index (χ3v) is 2.86. The molecule has 90 valence electrons. The van der Waals surface area contributed by atoms with Crippen molar-refractivity contribution >= 4 is 11.5 Å². The number of hydrogen-bond donors (Lipinski definition) is 2. The quantitative estimate of drug-likeness (QED) is 0.825. The van der Waals surface area contributed by atoms with Crippen LogP contribution in [0.15, 0.2) is 18.3 Å². The molecule has 0 saturated heterocycles. The van der Waals surface area contributed by atoms with Gasteiger partial charge in [-0.1, -0.05) is 6.07 Å². The van der Waals surface area contributed by atoms with E-state index in [1.165, 1.54) is 0 Å². The van der Waals surface area contributed by atoms with E-state index in [2.05, 4.69) is 4.98 Å². The second-order valence-corrected chi connectivity index (χ2v) is 4.15. The van der Waals surface area contributed by atoms with Crippen molar-refractivity contribution in [1.82, 2.24) is 9.38 Å². The molecule has 0 aliphatic carbocycles. The summed E-state index contributed by atoms with van der Waals surface area (Å²) in [6.45, 7) is 3.83. The lowest BCUT2D eigenvalue weighted by Crippen LogP contribution is -2.32. The summed E-state index contributed by atoms with van der Waals surface area (Å²) >= 11 is 0. The van der Waals surface area contributed by atoms with Gasteiger partial charge < -0.3 is 15.2 Å². The number of imidazole rings is 1. The van der Waals surface area contributed by atoms with Gasteiger partial charge in [0.05, 0.1) is 11.2 Å². The van der Waals surface area contributed by atoms with Crippen LogP contribution < -0.4 is 5.73 Å². The first-order valence-corrected chi connectivity index (χ1v) is 5.42. The molecule has 2 aromatic heterocycles. The maximum absolute atomic E-state index is 10.8. The predicted octanol–water partition coefficient (Wildman–Crippen LogP) is 0.906. The van der Waals surface area contributed by atoms with E-state index in [1.54, 1.807) is 0 Å². The minimum Gasteiger partial charge on any atom is -0.480 e. The molecule has 2 aromatic rings. The van der Waals surface area contributed by atoms with Gasteiger partial charge in [0.25, 0.3) is 0 Å². The monoisotopic (exact) mass is 233 g/mol. The summed E-state index contributed by atoms with van der Waals surface area (Å²) in [5.74, 6) is -0.0934. The number of fused-ring (bicyclic) bond motifs is 1. The zero-order valence-corrected chi connectivity index (χ0v) is 9.84. The number of carbonyl (C=O) groups is 1. The predicted molar refractivity (Wildman–Crippen MR) is 64.0 cm³/mol. The minimum absolute atomic E-state index is 0.311. The number of carboxylic acids is 1. The Morgan fingerprint density at radius 3 is 2.94 bits per heavy atom. The van der Waals surface area contributed by atoms with Crippen LogP contribution in [-0.2, 0) is 11.2 Å². The van der Waals surface area contributed by atoms with E-state index in [-0.39, 0.29) is 0 Å². The normalized spacial score (nSPS) is 12.9.